The third-order valence-electron chi connectivity index (χ3n) is 6.19. The number of aromatic nitrogens is 3. The first-order chi connectivity index (χ1) is 18.9. The summed E-state index contributed by atoms with van der Waals surface area (Å²) >= 11 is 6.13. The summed E-state index contributed by atoms with van der Waals surface area (Å²) in [6.07, 6.45) is 4.67. The molecule has 3 amide bonds. The van der Waals surface area contributed by atoms with Crippen molar-refractivity contribution in [1.82, 2.24) is 19.9 Å². The first kappa shape index (κ1) is 25.8. The number of ether oxygens (including phenoxy) is 1. The molecule has 1 atom stereocenters. The molecular weight excluding hydrogens is 520 g/mol. The molecule has 3 heterocycles. The summed E-state index contributed by atoms with van der Waals surface area (Å²) in [5.41, 5.74) is 2.50. The van der Waals surface area contributed by atoms with Crippen molar-refractivity contribution in [2.75, 3.05) is 17.7 Å². The lowest BCUT2D eigenvalue weighted by Crippen LogP contribution is -2.46. The lowest BCUT2D eigenvalue weighted by molar-refractivity contribution is -0.120. The Hall–Kier alpha value is -4.83. The van der Waals surface area contributed by atoms with Crippen molar-refractivity contribution in [2.45, 2.75) is 19.0 Å². The summed E-state index contributed by atoms with van der Waals surface area (Å²) in [6, 6.07) is 16.2. The Morgan fingerprint density at radius 1 is 1.05 bits per heavy atom. The summed E-state index contributed by atoms with van der Waals surface area (Å²) < 4.78 is 4.97. The molecule has 0 fully saturated rings. The highest BCUT2D eigenvalue weighted by Crippen LogP contribution is 2.28. The number of nitrogens with one attached hydrogen (secondary N) is 2. The maximum absolute atomic E-state index is 13.7. The fourth-order valence-electron chi connectivity index (χ4n) is 4.19. The quantitative estimate of drug-likeness (QED) is 0.361. The molecule has 1 unspecified atom stereocenters. The van der Waals surface area contributed by atoms with Gasteiger partial charge in [-0.05, 0) is 48.0 Å². The van der Waals surface area contributed by atoms with E-state index >= 15 is 0 Å². The highest BCUT2D eigenvalue weighted by Gasteiger charge is 2.36. The van der Waals surface area contributed by atoms with Crippen molar-refractivity contribution in [3.8, 4) is 5.88 Å². The molecule has 196 valence electrons. The van der Waals surface area contributed by atoms with Crippen molar-refractivity contribution in [2.24, 2.45) is 0 Å². The van der Waals surface area contributed by atoms with Crippen molar-refractivity contribution in [1.29, 1.82) is 0 Å². The molecule has 10 nitrogen and oxygen atoms in total. The van der Waals surface area contributed by atoms with Crippen LogP contribution in [0.25, 0.3) is 0 Å². The molecule has 2 N–H and O–H groups in total. The number of rotatable bonds is 7. The molecule has 5 rings (SSSR count). The minimum absolute atomic E-state index is 0.137. The molecule has 2 aromatic heterocycles. The average molecular weight is 543 g/mol. The molecule has 0 spiro atoms. The Balaban J connectivity index is 1.39. The second-order valence-electron chi connectivity index (χ2n) is 8.75. The SMILES string of the molecule is COc1cnc(NC(=O)c2ccc(CN3C(=O)c4ccc(Cl)cc4NC(=O)C3Cc3ccccn3)cc2)cn1. The van der Waals surface area contributed by atoms with E-state index in [9.17, 15) is 14.4 Å². The van der Waals surface area contributed by atoms with Gasteiger partial charge in [-0.15, -0.1) is 0 Å². The van der Waals surface area contributed by atoms with Gasteiger partial charge < -0.3 is 20.3 Å². The predicted octanol–water partition coefficient (Wildman–Crippen LogP) is 3.99. The topological polar surface area (TPSA) is 126 Å². The van der Waals surface area contributed by atoms with Crippen molar-refractivity contribution >= 4 is 40.8 Å². The van der Waals surface area contributed by atoms with Crippen LogP contribution in [0.2, 0.25) is 5.02 Å². The minimum Gasteiger partial charge on any atom is -0.480 e. The number of nitrogens with zero attached hydrogens (tertiary/aromatic N) is 4. The molecule has 0 aliphatic carbocycles. The molecule has 1 aliphatic rings. The zero-order valence-electron chi connectivity index (χ0n) is 20.8. The van der Waals surface area contributed by atoms with Crippen LogP contribution >= 0.6 is 11.6 Å². The van der Waals surface area contributed by atoms with Crippen LogP contribution in [0, 0.1) is 0 Å². The van der Waals surface area contributed by atoms with Crippen molar-refractivity contribution in [3.63, 3.8) is 0 Å². The van der Waals surface area contributed by atoms with Gasteiger partial charge in [-0.2, -0.15) is 0 Å². The van der Waals surface area contributed by atoms with Crippen LogP contribution in [0.4, 0.5) is 11.5 Å². The van der Waals surface area contributed by atoms with Gasteiger partial charge >= 0.3 is 0 Å². The molecule has 11 heteroatoms. The third kappa shape index (κ3) is 5.86. The van der Waals surface area contributed by atoms with Gasteiger partial charge in [0.25, 0.3) is 11.8 Å². The summed E-state index contributed by atoms with van der Waals surface area (Å²) in [4.78, 5) is 53.7. The maximum atomic E-state index is 13.7. The van der Waals surface area contributed by atoms with Crippen molar-refractivity contribution in [3.05, 3.63) is 107 Å². The van der Waals surface area contributed by atoms with E-state index in [0.29, 0.717) is 33.4 Å². The zero-order chi connectivity index (χ0) is 27.4. The van der Waals surface area contributed by atoms with E-state index in [1.165, 1.54) is 24.4 Å². The first-order valence-electron chi connectivity index (χ1n) is 12.0. The van der Waals surface area contributed by atoms with E-state index in [4.69, 9.17) is 16.3 Å². The van der Waals surface area contributed by atoms with Crippen LogP contribution in [-0.4, -0.2) is 50.7 Å². The molecule has 0 saturated carbocycles. The lowest BCUT2D eigenvalue weighted by Gasteiger charge is -2.28. The van der Waals surface area contributed by atoms with Gasteiger partial charge in [0.1, 0.15) is 6.04 Å². The number of halogens is 1. The molecule has 0 bridgehead atoms. The number of benzene rings is 2. The summed E-state index contributed by atoms with van der Waals surface area (Å²) in [5, 5.41) is 5.94. The van der Waals surface area contributed by atoms with E-state index in [1.807, 2.05) is 12.1 Å². The van der Waals surface area contributed by atoms with E-state index in [2.05, 4.69) is 25.6 Å². The minimum atomic E-state index is -0.824. The summed E-state index contributed by atoms with van der Waals surface area (Å²) in [5.74, 6) is -0.416. The largest absolute Gasteiger partial charge is 0.480 e. The highest BCUT2D eigenvalue weighted by atomic mass is 35.5. The smallest absolute Gasteiger partial charge is 0.256 e. The summed E-state index contributed by atoms with van der Waals surface area (Å²) in [6.45, 7) is 0.137. The molecule has 2 aromatic carbocycles. The van der Waals surface area contributed by atoms with Crippen LogP contribution < -0.4 is 15.4 Å². The number of anilines is 2. The van der Waals surface area contributed by atoms with Gasteiger partial charge in [0.15, 0.2) is 5.82 Å². The number of carbonyl (C=O) groups excluding carboxylic acids is 3. The molecule has 0 radical (unpaired) electrons. The van der Waals surface area contributed by atoms with Gasteiger partial charge in [-0.25, -0.2) is 9.97 Å². The molecule has 1 aliphatic heterocycles. The summed E-state index contributed by atoms with van der Waals surface area (Å²) in [7, 11) is 1.48. The number of amides is 3. The monoisotopic (exact) mass is 542 g/mol. The maximum Gasteiger partial charge on any atom is 0.256 e. The van der Waals surface area contributed by atoms with E-state index in [1.54, 1.807) is 54.7 Å². The van der Waals surface area contributed by atoms with Crippen LogP contribution in [0.5, 0.6) is 5.88 Å². The lowest BCUT2D eigenvalue weighted by atomic mass is 10.0. The van der Waals surface area contributed by atoms with Crippen LogP contribution in [0.3, 0.4) is 0 Å². The van der Waals surface area contributed by atoms with Crippen molar-refractivity contribution < 1.29 is 19.1 Å². The second kappa shape index (κ2) is 11.3. The normalized spacial score (nSPS) is 14.7. The number of hydrogen-bond acceptors (Lipinski definition) is 7. The predicted molar refractivity (Wildman–Crippen MR) is 145 cm³/mol. The number of methoxy groups -OCH3 is 1. The van der Waals surface area contributed by atoms with E-state index in [0.717, 1.165) is 5.56 Å². The van der Waals surface area contributed by atoms with E-state index < -0.39 is 6.04 Å². The number of fused-ring (bicyclic) bond motifs is 1. The number of pyridine rings is 1. The standard InChI is InChI=1S/C28H23ClN6O4/c1-39-25-15-31-24(14-32-25)34-26(36)18-7-5-17(6-8-18)16-35-23(13-20-4-2-3-11-30-20)27(37)33-22-12-19(29)9-10-21(22)28(35)38/h2-12,14-15,23H,13,16H2,1H3,(H,33,37)(H,31,34,36). The number of carbonyl (C=O) groups is 3. The van der Waals surface area contributed by atoms with Gasteiger partial charge in [0, 0.05) is 35.4 Å². The number of hydrogen-bond donors (Lipinski definition) is 2. The fourth-order valence-corrected chi connectivity index (χ4v) is 4.37. The second-order valence-corrected chi connectivity index (χ2v) is 9.18. The Morgan fingerprint density at radius 2 is 1.87 bits per heavy atom. The van der Waals surface area contributed by atoms with Crippen LogP contribution in [-0.2, 0) is 17.8 Å². The van der Waals surface area contributed by atoms with Gasteiger partial charge in [-0.1, -0.05) is 29.8 Å². The van der Waals surface area contributed by atoms with Gasteiger partial charge in [-0.3, -0.25) is 19.4 Å². The molecule has 0 saturated heterocycles. The fraction of sp³-hybridized carbons (Fsp3) is 0.143. The molecule has 4 aromatic rings. The Labute approximate surface area is 229 Å². The highest BCUT2D eigenvalue weighted by molar-refractivity contribution is 6.31. The zero-order valence-corrected chi connectivity index (χ0v) is 21.6. The van der Waals surface area contributed by atoms with Crippen LogP contribution in [0.1, 0.15) is 32.0 Å². The Bertz CT molecular complexity index is 1510. The van der Waals surface area contributed by atoms with Gasteiger partial charge in [0.2, 0.25) is 11.8 Å². The average Bonchev–Trinajstić information content (AvgIpc) is 3.04. The third-order valence-corrected chi connectivity index (χ3v) is 6.42. The molecular formula is C28H23ClN6O4. The Morgan fingerprint density at radius 3 is 2.56 bits per heavy atom. The van der Waals surface area contributed by atoms with Crippen LogP contribution in [0.15, 0.2) is 79.3 Å². The van der Waals surface area contributed by atoms with E-state index in [-0.39, 0.29) is 36.5 Å². The Kier molecular flexibility index (Phi) is 7.46. The van der Waals surface area contributed by atoms with Gasteiger partial charge in [0.05, 0.1) is 30.8 Å². The first-order valence-corrected chi connectivity index (χ1v) is 12.4. The molecule has 39 heavy (non-hydrogen) atoms.